The predicted octanol–water partition coefficient (Wildman–Crippen LogP) is 2.06. The van der Waals surface area contributed by atoms with Gasteiger partial charge in [0.2, 0.25) is 11.5 Å². The van der Waals surface area contributed by atoms with E-state index in [1.165, 1.54) is 16.3 Å². The number of likely N-dealkylation sites (tertiary alicyclic amines) is 1. The third-order valence-corrected chi connectivity index (χ3v) is 6.76. The molecule has 6 rings (SSSR count). The minimum Gasteiger partial charge on any atom is -0.479 e. The van der Waals surface area contributed by atoms with E-state index in [1.54, 1.807) is 23.1 Å². The van der Waals surface area contributed by atoms with Crippen LogP contribution in [0.1, 0.15) is 7.79 Å². The van der Waals surface area contributed by atoms with Gasteiger partial charge in [0, 0.05) is 18.3 Å². The molecular weight excluding hydrogens is 477 g/mol. The highest BCUT2D eigenvalue weighted by atomic mass is 19.3. The average Bonchev–Trinajstić information content (AvgIpc) is 3.40. The summed E-state index contributed by atoms with van der Waals surface area (Å²) in [5, 5.41) is 10.9. The van der Waals surface area contributed by atoms with Gasteiger partial charge in [-0.3, -0.25) is 14.5 Å². The maximum Gasteiger partial charge on any atom is 0.282 e. The van der Waals surface area contributed by atoms with Gasteiger partial charge in [-0.2, -0.15) is 4.98 Å². The van der Waals surface area contributed by atoms with E-state index in [0.29, 0.717) is 47.4 Å². The van der Waals surface area contributed by atoms with Gasteiger partial charge in [0.15, 0.2) is 0 Å². The molecule has 5 heterocycles. The maximum absolute atomic E-state index is 15.0. The van der Waals surface area contributed by atoms with Crippen molar-refractivity contribution >= 4 is 16.6 Å². The number of aromatic amines is 1. The lowest BCUT2D eigenvalue weighted by molar-refractivity contribution is -0.134. The molecule has 2 saturated heterocycles. The van der Waals surface area contributed by atoms with Crippen LogP contribution in [0.2, 0.25) is 0 Å². The summed E-state index contributed by atoms with van der Waals surface area (Å²) in [5.41, 5.74) is 2.98. The molecule has 0 saturated carbocycles. The smallest absolute Gasteiger partial charge is 0.282 e. The first-order valence-electron chi connectivity index (χ1n) is 12.2. The normalized spacial score (nSPS) is 21.7. The van der Waals surface area contributed by atoms with Crippen LogP contribution in [0.3, 0.4) is 0 Å². The zero-order valence-corrected chi connectivity index (χ0v) is 19.5. The minimum atomic E-state index is -3.04. The largest absolute Gasteiger partial charge is 0.479 e. The van der Waals surface area contributed by atoms with Crippen molar-refractivity contribution in [2.45, 2.75) is 31.0 Å². The van der Waals surface area contributed by atoms with Crippen LogP contribution in [0.5, 0.6) is 5.88 Å². The van der Waals surface area contributed by atoms with E-state index < -0.39 is 18.6 Å². The standard InChI is InChI=1S/C23H25F3N8O2/c1-35-21-20-16(14-2-3-17-18(10-14)33(9-6-24)31-29-17)4-8-34(20)30-22(28-21)27-19-5-7-32(13-23(19,25)26)15-11-36-12-15/h2-4,8,10,15,19H,5-7,9,11-13H2,1H3,(H,27,30)/i8D. The highest BCUT2D eigenvalue weighted by molar-refractivity contribution is 5.89. The molecular formula is C23H25F3N8O2. The lowest BCUT2D eigenvalue weighted by Crippen LogP contribution is -2.59. The van der Waals surface area contributed by atoms with Crippen molar-refractivity contribution in [3.63, 3.8) is 0 Å². The Morgan fingerprint density at radius 3 is 2.92 bits per heavy atom. The summed E-state index contributed by atoms with van der Waals surface area (Å²) in [6.45, 7) is 0.547. The Bertz CT molecular complexity index is 1530. The van der Waals surface area contributed by atoms with Crippen molar-refractivity contribution in [3.8, 4) is 17.0 Å². The van der Waals surface area contributed by atoms with E-state index in [0.717, 1.165) is 0 Å². The summed E-state index contributed by atoms with van der Waals surface area (Å²) in [5.74, 6) is -2.91. The first-order valence-corrected chi connectivity index (χ1v) is 11.7. The molecule has 2 aliphatic rings. The van der Waals surface area contributed by atoms with Crippen molar-refractivity contribution in [1.29, 1.82) is 0 Å². The van der Waals surface area contributed by atoms with E-state index >= 15 is 0 Å². The molecule has 10 nitrogen and oxygen atoms in total. The number of aryl methyl sites for hydroxylation is 1. The third kappa shape index (κ3) is 3.91. The number of nitrogens with one attached hydrogen (secondary N) is 1. The van der Waals surface area contributed by atoms with Crippen LogP contribution >= 0.6 is 0 Å². The van der Waals surface area contributed by atoms with Gasteiger partial charge < -0.3 is 9.47 Å². The van der Waals surface area contributed by atoms with Crippen LogP contribution in [-0.4, -0.2) is 92.6 Å². The molecule has 13 heteroatoms. The first kappa shape index (κ1) is 21.8. The Balaban J connectivity index is 1.40. The van der Waals surface area contributed by atoms with Crippen LogP contribution in [0.4, 0.5) is 13.2 Å². The second-order valence-corrected chi connectivity index (χ2v) is 8.99. The van der Waals surface area contributed by atoms with Crippen molar-refractivity contribution in [2.75, 3.05) is 40.1 Å². The molecule has 0 aliphatic carbocycles. The Hall–Kier alpha value is -3.45. The van der Waals surface area contributed by atoms with Crippen LogP contribution in [0.25, 0.3) is 27.7 Å². The summed E-state index contributed by atoms with van der Waals surface area (Å²) < 4.78 is 64.9. The first-order chi connectivity index (χ1) is 17.9. The molecule has 0 radical (unpaired) electrons. The molecule has 2 aliphatic heterocycles. The lowest BCUT2D eigenvalue weighted by atomic mass is 9.99. The molecule has 1 unspecified atom stereocenters. The Morgan fingerprint density at radius 2 is 2.19 bits per heavy atom. The van der Waals surface area contributed by atoms with Crippen molar-refractivity contribution in [2.24, 2.45) is 4.99 Å². The molecule has 2 fully saturated rings. The van der Waals surface area contributed by atoms with Gasteiger partial charge in [-0.15, -0.1) is 5.10 Å². The van der Waals surface area contributed by atoms with E-state index in [9.17, 15) is 13.2 Å². The highest BCUT2D eigenvalue weighted by Crippen LogP contribution is 2.33. The van der Waals surface area contributed by atoms with E-state index in [-0.39, 0.29) is 43.2 Å². The number of halogens is 3. The summed E-state index contributed by atoms with van der Waals surface area (Å²) >= 11 is 0. The fourth-order valence-electron chi connectivity index (χ4n) is 4.76. The number of ether oxygens (including phenoxy) is 2. The van der Waals surface area contributed by atoms with Gasteiger partial charge in [-0.25, -0.2) is 22.8 Å². The molecule has 1 aromatic carbocycles. The zero-order chi connectivity index (χ0) is 25.7. The van der Waals surface area contributed by atoms with E-state index in [4.69, 9.17) is 10.8 Å². The minimum absolute atomic E-state index is 0.0303. The van der Waals surface area contributed by atoms with Gasteiger partial charge in [0.05, 0.1) is 46.3 Å². The van der Waals surface area contributed by atoms with Crippen molar-refractivity contribution in [3.05, 3.63) is 36.1 Å². The van der Waals surface area contributed by atoms with Crippen LogP contribution in [-0.2, 0) is 11.3 Å². The number of aromatic nitrogens is 6. The molecule has 4 aromatic rings. The SMILES string of the molecule is [2H]c1cc(-c2ccc3nnn(CCF)c3c2)c2c(OC)nc(=NC3CCN(C4COC4)CC3(F)F)[nH]n12. The summed E-state index contributed by atoms with van der Waals surface area (Å²) in [7, 11) is 1.42. The topological polar surface area (TPSA) is 97.9 Å². The van der Waals surface area contributed by atoms with Gasteiger partial charge >= 0.3 is 0 Å². The molecule has 0 bridgehead atoms. The number of fused-ring (bicyclic) bond motifs is 2. The number of benzene rings is 1. The number of piperidine rings is 1. The fraction of sp³-hybridized carbons (Fsp3) is 0.478. The fourth-order valence-corrected chi connectivity index (χ4v) is 4.76. The molecule has 0 spiro atoms. The predicted molar refractivity (Wildman–Crippen MR) is 124 cm³/mol. The van der Waals surface area contributed by atoms with E-state index in [2.05, 4.69) is 25.4 Å². The Morgan fingerprint density at radius 1 is 1.33 bits per heavy atom. The zero-order valence-electron chi connectivity index (χ0n) is 20.5. The quantitative estimate of drug-likeness (QED) is 0.433. The van der Waals surface area contributed by atoms with Crippen molar-refractivity contribution < 1.29 is 24.0 Å². The Labute approximate surface area is 204 Å². The summed E-state index contributed by atoms with van der Waals surface area (Å²) in [6.07, 6.45) is 0.231. The number of methoxy groups -OCH3 is 1. The van der Waals surface area contributed by atoms with Gasteiger partial charge in [-0.1, -0.05) is 11.3 Å². The summed E-state index contributed by atoms with van der Waals surface area (Å²) in [4.78, 5) is 10.4. The number of nitrogens with zero attached hydrogens (tertiary/aromatic N) is 7. The van der Waals surface area contributed by atoms with Crippen LogP contribution in [0.15, 0.2) is 35.4 Å². The monoisotopic (exact) mass is 503 g/mol. The van der Waals surface area contributed by atoms with Crippen molar-refractivity contribution in [1.82, 2.24) is 34.5 Å². The molecule has 190 valence electrons. The van der Waals surface area contributed by atoms with E-state index in [1.807, 2.05) is 6.07 Å². The molecule has 1 N–H and O–H groups in total. The number of H-pyrrole nitrogens is 1. The summed E-state index contributed by atoms with van der Waals surface area (Å²) in [6, 6.07) is 5.76. The van der Waals surface area contributed by atoms with Gasteiger partial charge in [0.25, 0.3) is 5.92 Å². The van der Waals surface area contributed by atoms with Gasteiger partial charge in [0.1, 0.15) is 23.7 Å². The average molecular weight is 504 g/mol. The third-order valence-electron chi connectivity index (χ3n) is 6.76. The molecule has 3 aromatic heterocycles. The molecule has 1 atom stereocenters. The second-order valence-electron chi connectivity index (χ2n) is 8.99. The Kier molecular flexibility index (Phi) is 5.38. The second kappa shape index (κ2) is 8.89. The molecule has 36 heavy (non-hydrogen) atoms. The highest BCUT2D eigenvalue weighted by Gasteiger charge is 2.47. The number of alkyl halides is 3. The molecule has 0 amide bonds. The number of hydrogen-bond donors (Lipinski definition) is 1. The number of hydrogen-bond acceptors (Lipinski definition) is 7. The van der Waals surface area contributed by atoms with Crippen LogP contribution in [0, 0.1) is 0 Å². The van der Waals surface area contributed by atoms with Crippen LogP contribution < -0.4 is 10.4 Å². The number of rotatable bonds is 6. The maximum atomic E-state index is 15.0. The lowest BCUT2D eigenvalue weighted by Gasteiger charge is -2.43. The van der Waals surface area contributed by atoms with Gasteiger partial charge in [-0.05, 0) is 30.2 Å².